The lowest BCUT2D eigenvalue weighted by Gasteiger charge is -2.31. The topological polar surface area (TPSA) is 63.4 Å². The molecule has 7 heteroatoms. The summed E-state index contributed by atoms with van der Waals surface area (Å²) in [5, 5.41) is 11.6. The van der Waals surface area contributed by atoms with E-state index in [4.69, 9.17) is 0 Å². The molecule has 1 aliphatic rings. The van der Waals surface area contributed by atoms with Crippen molar-refractivity contribution in [3.63, 3.8) is 0 Å². The fourth-order valence-corrected chi connectivity index (χ4v) is 4.28. The van der Waals surface area contributed by atoms with Gasteiger partial charge in [-0.3, -0.25) is 9.20 Å². The van der Waals surface area contributed by atoms with E-state index in [0.717, 1.165) is 48.7 Å². The van der Waals surface area contributed by atoms with Crippen LogP contribution in [0.15, 0.2) is 29.8 Å². The Hall–Kier alpha value is -2.28. The molecule has 4 rings (SSSR count). The van der Waals surface area contributed by atoms with E-state index in [9.17, 15) is 4.79 Å². The molecule has 6 nitrogen and oxygen atoms in total. The molecule has 0 radical (unpaired) electrons. The van der Waals surface area contributed by atoms with Crippen molar-refractivity contribution < 1.29 is 4.79 Å². The van der Waals surface area contributed by atoms with E-state index in [2.05, 4.69) is 22.1 Å². The summed E-state index contributed by atoms with van der Waals surface area (Å²) in [6, 6.07) is 5.89. The molecule has 0 bridgehead atoms. The normalized spacial score (nSPS) is 18.0. The highest BCUT2D eigenvalue weighted by molar-refractivity contribution is 7.09. The fourth-order valence-electron chi connectivity index (χ4n) is 3.41. The molecule has 0 saturated carbocycles. The predicted octanol–water partition coefficient (Wildman–Crippen LogP) is 3.16. The number of aryl methyl sites for hydroxylation is 1. The summed E-state index contributed by atoms with van der Waals surface area (Å²) >= 11 is 1.58. The van der Waals surface area contributed by atoms with Crippen molar-refractivity contribution >= 4 is 22.9 Å². The molecule has 1 saturated heterocycles. The van der Waals surface area contributed by atoms with Crippen LogP contribution in [0.2, 0.25) is 0 Å². The molecule has 1 fully saturated rings. The van der Waals surface area contributed by atoms with E-state index in [1.165, 1.54) is 0 Å². The number of hydrogen-bond acceptors (Lipinski definition) is 5. The first-order chi connectivity index (χ1) is 12.3. The Labute approximate surface area is 150 Å². The molecular weight excluding hydrogens is 334 g/mol. The van der Waals surface area contributed by atoms with Crippen molar-refractivity contribution in [2.45, 2.75) is 38.5 Å². The molecule has 0 unspecified atom stereocenters. The molecule has 0 aliphatic carbocycles. The minimum Gasteiger partial charge on any atom is -0.337 e. The molecule has 3 aromatic heterocycles. The average Bonchev–Trinajstić information content (AvgIpc) is 3.28. The van der Waals surface area contributed by atoms with Crippen LogP contribution in [0.25, 0.3) is 5.65 Å². The van der Waals surface area contributed by atoms with E-state index in [1.807, 2.05) is 39.1 Å². The highest BCUT2D eigenvalue weighted by Crippen LogP contribution is 2.27. The van der Waals surface area contributed by atoms with Gasteiger partial charge in [0.25, 0.3) is 5.91 Å². The van der Waals surface area contributed by atoms with Gasteiger partial charge in [0, 0.05) is 30.6 Å². The summed E-state index contributed by atoms with van der Waals surface area (Å²) in [7, 11) is 0. The number of thiazole rings is 1. The Morgan fingerprint density at radius 3 is 3.16 bits per heavy atom. The van der Waals surface area contributed by atoms with Crippen molar-refractivity contribution in [2.75, 3.05) is 13.1 Å². The Kier molecular flexibility index (Phi) is 4.48. The number of pyridine rings is 1. The molecule has 1 amide bonds. The maximum Gasteiger partial charge on any atom is 0.273 e. The van der Waals surface area contributed by atoms with Crippen LogP contribution >= 0.6 is 11.3 Å². The monoisotopic (exact) mass is 355 g/mol. The van der Waals surface area contributed by atoms with E-state index in [1.54, 1.807) is 11.3 Å². The predicted molar refractivity (Wildman–Crippen MR) is 97.0 cm³/mol. The maximum atomic E-state index is 12.8. The first-order valence-electron chi connectivity index (χ1n) is 8.79. The van der Waals surface area contributed by atoms with Gasteiger partial charge in [-0.2, -0.15) is 0 Å². The first kappa shape index (κ1) is 16.2. The minimum absolute atomic E-state index is 0.0390. The van der Waals surface area contributed by atoms with Gasteiger partial charge < -0.3 is 4.90 Å². The molecule has 0 N–H and O–H groups in total. The number of amides is 1. The lowest BCUT2D eigenvalue weighted by atomic mass is 9.97. The summed E-state index contributed by atoms with van der Waals surface area (Å²) in [4.78, 5) is 19.2. The van der Waals surface area contributed by atoms with Crippen molar-refractivity contribution in [1.29, 1.82) is 0 Å². The van der Waals surface area contributed by atoms with E-state index in [0.29, 0.717) is 12.2 Å². The van der Waals surface area contributed by atoms with Crippen molar-refractivity contribution in [3.8, 4) is 0 Å². The second-order valence-electron chi connectivity index (χ2n) is 6.45. The molecule has 130 valence electrons. The first-order valence-corrected chi connectivity index (χ1v) is 9.67. The number of nitrogens with zero attached hydrogens (tertiary/aromatic N) is 5. The number of hydrogen-bond donors (Lipinski definition) is 0. The fraction of sp³-hybridized carbons (Fsp3) is 0.444. The Balaban J connectivity index is 1.53. The van der Waals surface area contributed by atoms with Gasteiger partial charge in [0.2, 0.25) is 0 Å². The second kappa shape index (κ2) is 6.92. The van der Waals surface area contributed by atoms with E-state index in [-0.39, 0.29) is 11.8 Å². The van der Waals surface area contributed by atoms with Gasteiger partial charge in [0.1, 0.15) is 11.5 Å². The molecule has 0 spiro atoms. The third-order valence-electron chi connectivity index (χ3n) is 4.65. The summed E-state index contributed by atoms with van der Waals surface area (Å²) in [6.45, 7) is 3.59. The number of carbonyl (C=O) groups excluding carboxylic acids is 1. The summed E-state index contributed by atoms with van der Waals surface area (Å²) in [6.07, 6.45) is 5.98. The largest absolute Gasteiger partial charge is 0.337 e. The zero-order valence-electron chi connectivity index (χ0n) is 14.3. The highest BCUT2D eigenvalue weighted by Gasteiger charge is 2.29. The molecule has 1 atom stereocenters. The van der Waals surface area contributed by atoms with Crippen LogP contribution in [-0.2, 0) is 6.42 Å². The number of piperidine rings is 1. The number of carbonyl (C=O) groups is 1. The van der Waals surface area contributed by atoms with Crippen LogP contribution in [0.4, 0.5) is 0 Å². The Morgan fingerprint density at radius 2 is 2.28 bits per heavy atom. The third-order valence-corrected chi connectivity index (χ3v) is 5.56. The lowest BCUT2D eigenvalue weighted by molar-refractivity contribution is 0.0699. The van der Waals surface area contributed by atoms with Crippen LogP contribution in [0.3, 0.4) is 0 Å². The van der Waals surface area contributed by atoms with Crippen molar-refractivity contribution in [1.82, 2.24) is 24.5 Å². The minimum atomic E-state index is 0.0390. The van der Waals surface area contributed by atoms with Gasteiger partial charge in [-0.25, -0.2) is 4.98 Å². The summed E-state index contributed by atoms with van der Waals surface area (Å²) in [5.74, 6) is 1.19. The summed E-state index contributed by atoms with van der Waals surface area (Å²) < 4.78 is 2.03. The molecular formula is C18H21N5OS. The standard InChI is InChI=1S/C18H21N5OS/c1-2-6-16-19-14(12-25-16)18(24)22-9-5-7-13(11-22)17-21-20-15-8-3-4-10-23(15)17/h3-4,8,10,12-13H,2,5-7,9,11H2,1H3/t13-/m0/s1. The van der Waals surface area contributed by atoms with Crippen molar-refractivity contribution in [3.05, 3.63) is 46.3 Å². The van der Waals surface area contributed by atoms with Crippen LogP contribution in [-0.4, -0.2) is 43.5 Å². The number of likely N-dealkylation sites (tertiary alicyclic amines) is 1. The molecule has 25 heavy (non-hydrogen) atoms. The average molecular weight is 355 g/mol. The van der Waals surface area contributed by atoms with Crippen LogP contribution in [0.1, 0.15) is 53.4 Å². The quantitative estimate of drug-likeness (QED) is 0.721. The molecule has 4 heterocycles. The highest BCUT2D eigenvalue weighted by atomic mass is 32.1. The maximum absolute atomic E-state index is 12.8. The van der Waals surface area contributed by atoms with E-state index < -0.39 is 0 Å². The SMILES string of the molecule is CCCc1nc(C(=O)N2CCC[C@H](c3nnc4ccccn34)C2)cs1. The number of rotatable bonds is 4. The zero-order chi connectivity index (χ0) is 17.2. The number of fused-ring (bicyclic) bond motifs is 1. The van der Waals surface area contributed by atoms with Crippen LogP contribution < -0.4 is 0 Å². The molecule has 0 aromatic carbocycles. The molecule has 3 aromatic rings. The smallest absolute Gasteiger partial charge is 0.273 e. The second-order valence-corrected chi connectivity index (χ2v) is 7.40. The van der Waals surface area contributed by atoms with E-state index >= 15 is 0 Å². The lowest BCUT2D eigenvalue weighted by Crippen LogP contribution is -2.39. The van der Waals surface area contributed by atoms with Gasteiger partial charge >= 0.3 is 0 Å². The Morgan fingerprint density at radius 1 is 1.36 bits per heavy atom. The van der Waals surface area contributed by atoms with Gasteiger partial charge in [-0.05, 0) is 37.8 Å². The third kappa shape index (κ3) is 3.16. The van der Waals surface area contributed by atoms with Crippen molar-refractivity contribution in [2.24, 2.45) is 0 Å². The van der Waals surface area contributed by atoms with Gasteiger partial charge in [-0.1, -0.05) is 13.0 Å². The van der Waals surface area contributed by atoms with Gasteiger partial charge in [-0.15, -0.1) is 21.5 Å². The van der Waals surface area contributed by atoms with Crippen LogP contribution in [0.5, 0.6) is 0 Å². The zero-order valence-corrected chi connectivity index (χ0v) is 15.1. The van der Waals surface area contributed by atoms with Crippen LogP contribution in [0, 0.1) is 0 Å². The summed E-state index contributed by atoms with van der Waals surface area (Å²) in [5.41, 5.74) is 1.44. The van der Waals surface area contributed by atoms with Gasteiger partial charge in [0.15, 0.2) is 5.65 Å². The Bertz CT molecular complexity index is 886. The molecule has 1 aliphatic heterocycles. The number of aromatic nitrogens is 4. The van der Waals surface area contributed by atoms with Gasteiger partial charge in [0.05, 0.1) is 5.01 Å².